The van der Waals surface area contributed by atoms with Gasteiger partial charge in [0, 0.05) is 6.20 Å². The number of aromatic amines is 1. The van der Waals surface area contributed by atoms with Crippen molar-refractivity contribution in [1.29, 1.82) is 0 Å². The van der Waals surface area contributed by atoms with Crippen molar-refractivity contribution < 1.29 is 46.7 Å². The highest BCUT2D eigenvalue weighted by Gasteiger charge is 2.35. The highest BCUT2D eigenvalue weighted by Crippen LogP contribution is 2.50. The van der Waals surface area contributed by atoms with E-state index in [0.717, 1.165) is 4.57 Å². The third-order valence-electron chi connectivity index (χ3n) is 4.68. The highest BCUT2D eigenvalue weighted by molar-refractivity contribution is 9.11. The Labute approximate surface area is 227 Å². The molecule has 16 heteroatoms. The first-order valence-electron chi connectivity index (χ1n) is 11.3. The molecule has 38 heavy (non-hydrogen) atoms. The summed E-state index contributed by atoms with van der Waals surface area (Å²) < 4.78 is 50.6. The number of rotatable bonds is 11. The largest absolute Gasteiger partial charge is 0.480 e. The number of phosphoric ester groups is 1. The summed E-state index contributed by atoms with van der Waals surface area (Å²) in [5, 5.41) is 0. The first kappa shape index (κ1) is 32.1. The fraction of sp³-hybridized carbons (Fsp3) is 0.636. The lowest BCUT2D eigenvalue weighted by molar-refractivity contribution is -0.164. The molecule has 1 aromatic heterocycles. The van der Waals surface area contributed by atoms with Gasteiger partial charge < -0.3 is 18.9 Å². The number of phosphoric acid groups is 1. The lowest BCUT2D eigenvalue weighted by Crippen LogP contribution is -2.34. The predicted molar refractivity (Wildman–Crippen MR) is 136 cm³/mol. The van der Waals surface area contributed by atoms with E-state index in [1.807, 2.05) is 0 Å². The number of ether oxygens (including phenoxy) is 4. The molecule has 1 fully saturated rings. The van der Waals surface area contributed by atoms with E-state index in [1.165, 1.54) is 17.3 Å². The van der Waals surface area contributed by atoms with Gasteiger partial charge in [-0.25, -0.2) is 18.4 Å². The predicted octanol–water partition coefficient (Wildman–Crippen LogP) is 3.03. The maximum absolute atomic E-state index is 13.1. The zero-order valence-corrected chi connectivity index (χ0v) is 24.4. The van der Waals surface area contributed by atoms with Crippen LogP contribution in [-0.2, 0) is 46.7 Å². The summed E-state index contributed by atoms with van der Waals surface area (Å²) >= 11 is 3.07. The molecule has 1 aliphatic rings. The minimum Gasteiger partial charge on any atom is -0.437 e. The van der Waals surface area contributed by atoms with Gasteiger partial charge in [0.2, 0.25) is 13.6 Å². The molecule has 214 valence electrons. The number of carbonyl (C=O) groups is 2. The van der Waals surface area contributed by atoms with Crippen LogP contribution in [0.25, 0.3) is 6.08 Å². The van der Waals surface area contributed by atoms with Gasteiger partial charge in [0.1, 0.15) is 6.61 Å². The molecule has 1 aliphatic heterocycles. The van der Waals surface area contributed by atoms with Crippen LogP contribution in [0.1, 0.15) is 53.3 Å². The topological polar surface area (TPSA) is 171 Å². The Morgan fingerprint density at radius 3 is 2.13 bits per heavy atom. The van der Waals surface area contributed by atoms with E-state index in [4.69, 9.17) is 32.5 Å². The number of carbonyl (C=O) groups excluding carboxylic acids is 2. The number of H-pyrrole nitrogens is 1. The normalized spacial score (nSPS) is 18.6. The van der Waals surface area contributed by atoms with Crippen molar-refractivity contribution in [3.05, 3.63) is 37.6 Å². The molecule has 0 bridgehead atoms. The van der Waals surface area contributed by atoms with Crippen LogP contribution in [0, 0.1) is 10.8 Å². The third kappa shape index (κ3) is 9.56. The van der Waals surface area contributed by atoms with Crippen LogP contribution in [-0.4, -0.2) is 54.6 Å². The molecular formula is C22H32BrN2O12P. The van der Waals surface area contributed by atoms with Gasteiger partial charge in [-0.05, 0) is 52.6 Å². The number of halogens is 1. The molecule has 2 heterocycles. The molecule has 0 aromatic carbocycles. The molecule has 2 rings (SSSR count). The van der Waals surface area contributed by atoms with Gasteiger partial charge in [0.25, 0.3) is 5.56 Å². The van der Waals surface area contributed by atoms with Gasteiger partial charge in [-0.3, -0.25) is 28.5 Å². The minimum atomic E-state index is -4.46. The van der Waals surface area contributed by atoms with Gasteiger partial charge in [-0.15, -0.1) is 0 Å². The molecule has 0 aliphatic carbocycles. The lowest BCUT2D eigenvalue weighted by Gasteiger charge is -2.22. The Balaban J connectivity index is 2.04. The Bertz CT molecular complexity index is 1140. The van der Waals surface area contributed by atoms with Crippen LogP contribution in [0.4, 0.5) is 0 Å². The molecule has 2 atom stereocenters. The van der Waals surface area contributed by atoms with Crippen molar-refractivity contribution in [2.24, 2.45) is 10.8 Å². The molecule has 1 aromatic rings. The summed E-state index contributed by atoms with van der Waals surface area (Å²) in [5.74, 6) is -1.26. The molecule has 1 saturated heterocycles. The summed E-state index contributed by atoms with van der Waals surface area (Å²) in [6, 6.07) is 0. The van der Waals surface area contributed by atoms with Crippen molar-refractivity contribution in [2.75, 3.05) is 26.8 Å². The summed E-state index contributed by atoms with van der Waals surface area (Å²) in [6.45, 7) is 7.56. The van der Waals surface area contributed by atoms with Gasteiger partial charge in [0.05, 0.1) is 23.0 Å². The monoisotopic (exact) mass is 626 g/mol. The number of nitrogens with zero attached hydrogens (tertiary/aromatic N) is 1. The van der Waals surface area contributed by atoms with E-state index in [9.17, 15) is 23.7 Å². The second-order valence-electron chi connectivity index (χ2n) is 10.00. The maximum atomic E-state index is 13.1. The van der Waals surface area contributed by atoms with Crippen molar-refractivity contribution in [1.82, 2.24) is 9.55 Å². The summed E-state index contributed by atoms with van der Waals surface area (Å²) in [4.78, 5) is 51.7. The van der Waals surface area contributed by atoms with Gasteiger partial charge in [0.15, 0.2) is 12.5 Å². The van der Waals surface area contributed by atoms with Crippen LogP contribution in [0.15, 0.2) is 20.8 Å². The van der Waals surface area contributed by atoms with Gasteiger partial charge >= 0.3 is 25.5 Å². The molecule has 0 spiro atoms. The Morgan fingerprint density at radius 1 is 1.08 bits per heavy atom. The zero-order chi connectivity index (χ0) is 28.7. The Hall–Kier alpha value is -2.13. The molecule has 0 amide bonds. The van der Waals surface area contributed by atoms with Crippen LogP contribution < -0.4 is 11.2 Å². The first-order valence-corrected chi connectivity index (χ1v) is 13.7. The third-order valence-corrected chi connectivity index (χ3v) is 6.25. The van der Waals surface area contributed by atoms with E-state index in [2.05, 4.69) is 20.9 Å². The van der Waals surface area contributed by atoms with Crippen LogP contribution in [0.2, 0.25) is 0 Å². The number of nitrogens with one attached hydrogen (secondary N) is 1. The van der Waals surface area contributed by atoms with Crippen LogP contribution >= 0.6 is 23.8 Å². The zero-order valence-electron chi connectivity index (χ0n) is 21.9. The van der Waals surface area contributed by atoms with Gasteiger partial charge in [-0.2, -0.15) is 0 Å². The second kappa shape index (κ2) is 13.3. The summed E-state index contributed by atoms with van der Waals surface area (Å²) in [5.41, 5.74) is -2.82. The quantitative estimate of drug-likeness (QED) is 0.216. The fourth-order valence-corrected chi connectivity index (χ4v) is 3.74. The second-order valence-corrected chi connectivity index (χ2v) is 12.2. The van der Waals surface area contributed by atoms with Crippen molar-refractivity contribution in [2.45, 2.75) is 54.1 Å². The molecular weight excluding hydrogens is 595 g/mol. The maximum Gasteiger partial charge on any atom is 0.480 e. The van der Waals surface area contributed by atoms with Crippen molar-refractivity contribution >= 4 is 41.8 Å². The molecule has 1 N–H and O–H groups in total. The van der Waals surface area contributed by atoms with Crippen molar-refractivity contribution in [3.63, 3.8) is 0 Å². The van der Waals surface area contributed by atoms with E-state index in [-0.39, 0.29) is 12.2 Å². The van der Waals surface area contributed by atoms with Crippen LogP contribution in [0.5, 0.6) is 0 Å². The standard InChI is InChI=1S/C22H32BrN2O12P/c1-21(2,3)18(27)32-12-35-38(30,36-13-33-19(28)22(4,5)6)34-11-16-31-10-15(37-16)25-9-14(7-8-23)17(26)24-20(25)29/h7-9,15-16H,10-13H2,1-6H3,(H,24,26,29)/b8-7+/t15-,16-/m0/s1. The Morgan fingerprint density at radius 2 is 1.63 bits per heavy atom. The minimum absolute atomic E-state index is 0.101. The summed E-state index contributed by atoms with van der Waals surface area (Å²) in [7, 11) is -4.46. The van der Waals surface area contributed by atoms with Crippen LogP contribution in [0.3, 0.4) is 0 Å². The van der Waals surface area contributed by atoms with E-state index in [1.54, 1.807) is 41.5 Å². The lowest BCUT2D eigenvalue weighted by atomic mass is 9.98. The SMILES string of the molecule is CC(C)(C)C(=O)OCOP(=O)(OCOC(=O)C(C)(C)C)OC[C@H]1OC[C@@H](n2cc(/C=C/Br)c(=O)[nH]c2=O)O1. The smallest absolute Gasteiger partial charge is 0.437 e. The molecule has 14 nitrogen and oxygen atoms in total. The molecule has 0 unspecified atom stereocenters. The number of hydrogen-bond donors (Lipinski definition) is 1. The Kier molecular flexibility index (Phi) is 11.2. The van der Waals surface area contributed by atoms with Crippen molar-refractivity contribution in [3.8, 4) is 0 Å². The fourth-order valence-electron chi connectivity index (χ4n) is 2.56. The highest BCUT2D eigenvalue weighted by atomic mass is 79.9. The van der Waals surface area contributed by atoms with E-state index >= 15 is 0 Å². The van der Waals surface area contributed by atoms with Gasteiger partial charge in [-0.1, -0.05) is 15.9 Å². The van der Waals surface area contributed by atoms with E-state index < -0.39 is 74.6 Å². The first-order chi connectivity index (χ1) is 17.6. The summed E-state index contributed by atoms with van der Waals surface area (Å²) in [6.07, 6.45) is 0.677. The number of aromatic nitrogens is 2. The average Bonchev–Trinajstić information content (AvgIpc) is 3.27. The molecule has 0 radical (unpaired) electrons. The number of esters is 2. The average molecular weight is 627 g/mol. The molecule has 0 saturated carbocycles. The van der Waals surface area contributed by atoms with E-state index in [0.29, 0.717) is 0 Å². The number of hydrogen-bond acceptors (Lipinski definition) is 12.